The molecule has 2 saturated carbocycles. The van der Waals surface area contributed by atoms with Gasteiger partial charge in [0.05, 0.1) is 33.9 Å². The molecule has 0 aromatic rings. The molecule has 0 saturated heterocycles. The van der Waals surface area contributed by atoms with Crippen LogP contribution < -0.4 is 0 Å². The molecule has 0 spiro atoms. The molecule has 2 fully saturated rings. The highest BCUT2D eigenvalue weighted by molar-refractivity contribution is 5.95. The monoisotopic (exact) mass is 656 g/mol. The molecule has 0 aromatic heterocycles. The predicted molar refractivity (Wildman–Crippen MR) is 166 cm³/mol. The van der Waals surface area contributed by atoms with Crippen molar-refractivity contribution in [3.63, 3.8) is 0 Å². The van der Waals surface area contributed by atoms with Gasteiger partial charge in [-0.15, -0.1) is 0 Å². The van der Waals surface area contributed by atoms with E-state index in [0.717, 1.165) is 0 Å². The first-order chi connectivity index (χ1) is 21.8. The van der Waals surface area contributed by atoms with Crippen LogP contribution in [0.3, 0.4) is 0 Å². The number of Topliss-reactive ketones (excluding diaryl/α,β-unsaturated/α-hetero) is 2. The van der Waals surface area contributed by atoms with Crippen LogP contribution in [0.1, 0.15) is 65.7 Å². The summed E-state index contributed by atoms with van der Waals surface area (Å²) < 4.78 is 0. The zero-order valence-electron chi connectivity index (χ0n) is 26.8. The molecule has 12 nitrogen and oxygen atoms in total. The normalized spacial score (nSPS) is 36.5. The third kappa shape index (κ3) is 4.94. The number of allylic oxidation sites excluding steroid dienone is 6. The molecule has 0 heterocycles. The first-order valence-electron chi connectivity index (χ1n) is 15.8. The van der Waals surface area contributed by atoms with Gasteiger partial charge < -0.3 is 30.6 Å². The molecule has 6 N–H and O–H groups in total. The van der Waals surface area contributed by atoms with Gasteiger partial charge in [-0.1, -0.05) is 44.4 Å². The van der Waals surface area contributed by atoms with E-state index in [2.05, 4.69) is 13.2 Å². The Hall–Kier alpha value is -3.90. The molecule has 4 rings (SSSR count). The second-order valence-electron chi connectivity index (χ2n) is 14.3. The molecule has 12 heteroatoms. The molecule has 11 atom stereocenters. The highest BCUT2D eigenvalue weighted by Crippen LogP contribution is 2.73. The second kappa shape index (κ2) is 12.3. The number of fused-ring (bicyclic) bond motifs is 4. The summed E-state index contributed by atoms with van der Waals surface area (Å²) in [6, 6.07) is 0. The number of aliphatic carboxylic acids is 4. The van der Waals surface area contributed by atoms with Crippen LogP contribution in [0.5, 0.6) is 0 Å². The van der Waals surface area contributed by atoms with E-state index in [1.807, 2.05) is 0 Å². The number of ketones is 2. The maximum atomic E-state index is 13.6. The Labute approximate surface area is 272 Å². The standard InChI is InChI=1S/C35H44O12/c1-17(2)26(38)12-24(36)15-33(29(42)43)21-7-6-20(10-21)32(33,28(40)41)14-19(5)35(31(46)47)23-9-8-22(11-23)34(35,30(44)45)16-25(37)13-27(39)18(3)4/h6-9,19-25,36-37H,1,3,10-16H2,2,4-5H3,(H,40,41)(H,42,43)(H,44,45)(H,46,47). The zero-order chi connectivity index (χ0) is 35.4. The van der Waals surface area contributed by atoms with Crippen molar-refractivity contribution in [3.8, 4) is 0 Å². The summed E-state index contributed by atoms with van der Waals surface area (Å²) in [6.07, 6.45) is 0.585. The fourth-order valence-electron chi connectivity index (χ4n) is 10.1. The molecule has 4 bridgehead atoms. The Balaban J connectivity index is 1.88. The summed E-state index contributed by atoms with van der Waals surface area (Å²) in [5.41, 5.74) is -8.50. The number of hydrogen-bond donors (Lipinski definition) is 6. The first-order valence-corrected chi connectivity index (χ1v) is 15.8. The summed E-state index contributed by atoms with van der Waals surface area (Å²) in [5.74, 6) is -12.0. The van der Waals surface area contributed by atoms with Crippen molar-refractivity contribution in [3.05, 3.63) is 48.6 Å². The van der Waals surface area contributed by atoms with E-state index in [4.69, 9.17) is 0 Å². The van der Waals surface area contributed by atoms with Crippen LogP contribution in [0.15, 0.2) is 48.6 Å². The molecule has 47 heavy (non-hydrogen) atoms. The van der Waals surface area contributed by atoms with Crippen molar-refractivity contribution in [1.82, 2.24) is 0 Å². The van der Waals surface area contributed by atoms with Crippen molar-refractivity contribution in [2.45, 2.75) is 77.9 Å². The van der Waals surface area contributed by atoms with Crippen LogP contribution in [0.4, 0.5) is 0 Å². The van der Waals surface area contributed by atoms with Gasteiger partial charge in [0, 0.05) is 12.8 Å². The fraction of sp³-hybridized carbons (Fsp3) is 0.600. The summed E-state index contributed by atoms with van der Waals surface area (Å²) in [4.78, 5) is 78.8. The van der Waals surface area contributed by atoms with Gasteiger partial charge in [0.25, 0.3) is 0 Å². The van der Waals surface area contributed by atoms with E-state index >= 15 is 0 Å². The summed E-state index contributed by atoms with van der Waals surface area (Å²) in [6.45, 7) is 11.4. The van der Waals surface area contributed by atoms with Crippen LogP contribution in [-0.4, -0.2) is 78.3 Å². The Kier molecular flexibility index (Phi) is 9.39. The highest BCUT2D eigenvalue weighted by Gasteiger charge is 2.79. The number of rotatable bonds is 17. The molecule has 4 aliphatic carbocycles. The van der Waals surface area contributed by atoms with Gasteiger partial charge in [0.1, 0.15) is 0 Å². The van der Waals surface area contributed by atoms with E-state index in [0.29, 0.717) is 0 Å². The topological polar surface area (TPSA) is 224 Å². The molecular formula is C35H44O12. The minimum absolute atomic E-state index is 0.0852. The van der Waals surface area contributed by atoms with Crippen molar-refractivity contribution in [2.75, 3.05) is 0 Å². The van der Waals surface area contributed by atoms with Crippen molar-refractivity contribution in [1.29, 1.82) is 0 Å². The number of carbonyl (C=O) groups is 6. The van der Waals surface area contributed by atoms with Crippen LogP contribution in [-0.2, 0) is 28.8 Å². The lowest BCUT2D eigenvalue weighted by Gasteiger charge is -2.54. The van der Waals surface area contributed by atoms with Crippen LogP contribution in [0, 0.1) is 51.2 Å². The molecule has 11 unspecified atom stereocenters. The number of carbonyl (C=O) groups excluding carboxylic acids is 2. The van der Waals surface area contributed by atoms with Crippen molar-refractivity contribution in [2.24, 2.45) is 51.2 Å². The summed E-state index contributed by atoms with van der Waals surface area (Å²) >= 11 is 0. The average Bonchev–Trinajstić information content (AvgIpc) is 3.73. The van der Waals surface area contributed by atoms with Gasteiger partial charge in [-0.25, -0.2) is 0 Å². The maximum Gasteiger partial charge on any atom is 0.311 e. The predicted octanol–water partition coefficient (Wildman–Crippen LogP) is 3.28. The first kappa shape index (κ1) is 35.9. The van der Waals surface area contributed by atoms with E-state index < -0.39 is 131 Å². The number of aliphatic hydroxyl groups is 2. The average molecular weight is 657 g/mol. The summed E-state index contributed by atoms with van der Waals surface area (Å²) in [7, 11) is 0. The lowest BCUT2D eigenvalue weighted by atomic mass is 9.46. The Morgan fingerprint density at radius 1 is 0.617 bits per heavy atom. The lowest BCUT2D eigenvalue weighted by Crippen LogP contribution is -2.62. The zero-order valence-corrected chi connectivity index (χ0v) is 26.8. The molecule has 0 radical (unpaired) electrons. The van der Waals surface area contributed by atoms with Gasteiger partial charge in [-0.05, 0) is 86.7 Å². The molecule has 256 valence electrons. The third-order valence-electron chi connectivity index (χ3n) is 12.0. The Bertz CT molecular complexity index is 1490. The minimum atomic E-state index is -2.21. The van der Waals surface area contributed by atoms with E-state index in [1.54, 1.807) is 24.3 Å². The molecule has 0 amide bonds. The minimum Gasteiger partial charge on any atom is -0.481 e. The van der Waals surface area contributed by atoms with E-state index in [-0.39, 0.29) is 24.0 Å². The third-order valence-corrected chi connectivity index (χ3v) is 12.0. The van der Waals surface area contributed by atoms with Crippen molar-refractivity contribution < 1.29 is 59.4 Å². The van der Waals surface area contributed by atoms with Gasteiger partial charge in [-0.2, -0.15) is 0 Å². The molecular weight excluding hydrogens is 612 g/mol. The quantitative estimate of drug-likeness (QED) is 0.0980. The van der Waals surface area contributed by atoms with Crippen LogP contribution in [0.25, 0.3) is 0 Å². The smallest absolute Gasteiger partial charge is 0.311 e. The SMILES string of the molecule is C=C(C)C(=O)CC(O)CC1(C(=O)O)C2C=CC(C2)C1(CC(C)C1(C(=O)O)C2C=CC(C2)C1(CC(O)CC(=O)C(=C)C)C(=O)O)C(=O)O. The highest BCUT2D eigenvalue weighted by atomic mass is 16.4. The van der Waals surface area contributed by atoms with Gasteiger partial charge in [0.2, 0.25) is 0 Å². The number of carboxylic acid groups (broad SMARTS) is 4. The number of carboxylic acids is 4. The lowest BCUT2D eigenvalue weighted by molar-refractivity contribution is -0.196. The Morgan fingerprint density at radius 2 is 0.957 bits per heavy atom. The van der Waals surface area contributed by atoms with Gasteiger partial charge >= 0.3 is 23.9 Å². The molecule has 0 aromatic carbocycles. The van der Waals surface area contributed by atoms with Crippen molar-refractivity contribution >= 4 is 35.4 Å². The van der Waals surface area contributed by atoms with Gasteiger partial charge in [-0.3, -0.25) is 28.8 Å². The maximum absolute atomic E-state index is 13.6. The van der Waals surface area contributed by atoms with E-state index in [1.165, 1.54) is 20.8 Å². The molecule has 0 aliphatic heterocycles. The second-order valence-corrected chi connectivity index (χ2v) is 14.3. The largest absolute Gasteiger partial charge is 0.481 e. The number of aliphatic hydroxyl groups excluding tert-OH is 2. The van der Waals surface area contributed by atoms with Crippen LogP contribution >= 0.6 is 0 Å². The van der Waals surface area contributed by atoms with Crippen LogP contribution in [0.2, 0.25) is 0 Å². The number of hydrogen-bond acceptors (Lipinski definition) is 8. The summed E-state index contributed by atoms with van der Waals surface area (Å²) in [5, 5.41) is 65.9. The molecule has 4 aliphatic rings. The Morgan fingerprint density at radius 3 is 1.34 bits per heavy atom. The van der Waals surface area contributed by atoms with E-state index in [9.17, 15) is 59.4 Å². The fourth-order valence-corrected chi connectivity index (χ4v) is 10.1. The van der Waals surface area contributed by atoms with Gasteiger partial charge in [0.15, 0.2) is 11.6 Å².